The SMILES string of the molecule is [B]c1cc(Nc2ccc(C(C)(C)C)cc2)c(Cl)c(N(c2ccc(C(C)(C)C)cc2)c2ccc(C(C)(C)C)cc2)c1. The molecule has 4 heteroatoms. The van der Waals surface area contributed by atoms with Crippen LogP contribution in [0, 0.1) is 0 Å². The van der Waals surface area contributed by atoms with Crippen molar-refractivity contribution in [1.29, 1.82) is 0 Å². The van der Waals surface area contributed by atoms with Crippen molar-refractivity contribution in [3.8, 4) is 0 Å². The molecule has 0 fully saturated rings. The summed E-state index contributed by atoms with van der Waals surface area (Å²) < 4.78 is 0. The van der Waals surface area contributed by atoms with Gasteiger partial charge in [0.15, 0.2) is 0 Å². The van der Waals surface area contributed by atoms with Crippen LogP contribution in [0.2, 0.25) is 5.02 Å². The lowest BCUT2D eigenvalue weighted by molar-refractivity contribution is 0.590. The molecule has 4 rings (SSSR count). The predicted molar refractivity (Wildman–Crippen MR) is 177 cm³/mol. The fraction of sp³-hybridized carbons (Fsp3) is 0.333. The second-order valence-corrected chi connectivity index (χ2v) is 14.2. The van der Waals surface area contributed by atoms with Gasteiger partial charge in [-0.3, -0.25) is 0 Å². The Morgan fingerprint density at radius 1 is 0.575 bits per heavy atom. The van der Waals surface area contributed by atoms with Crippen molar-refractivity contribution in [2.75, 3.05) is 10.2 Å². The monoisotopic (exact) mass is 548 g/mol. The third-order valence-electron chi connectivity index (χ3n) is 7.33. The summed E-state index contributed by atoms with van der Waals surface area (Å²) in [5.74, 6) is 0. The van der Waals surface area contributed by atoms with Crippen LogP contribution in [0.3, 0.4) is 0 Å². The number of nitrogens with one attached hydrogen (secondary N) is 1. The number of nitrogens with zero attached hydrogens (tertiary/aromatic N) is 1. The van der Waals surface area contributed by atoms with Gasteiger partial charge in [0.2, 0.25) is 0 Å². The lowest BCUT2D eigenvalue weighted by Gasteiger charge is -2.29. The summed E-state index contributed by atoms with van der Waals surface area (Å²) in [6, 6.07) is 29.8. The minimum atomic E-state index is 0.0617. The van der Waals surface area contributed by atoms with Crippen LogP contribution in [0.4, 0.5) is 28.4 Å². The standard InChI is InChI=1S/C36H42BClN2/c1-34(2,3)24-10-16-28(17-11-24)39-31-22-27(37)23-32(33(31)38)40(29-18-12-25(13-19-29)35(4,5)6)30-20-14-26(15-21-30)36(7,8)9/h10-23,39H,1-9H3. The number of benzene rings is 4. The summed E-state index contributed by atoms with van der Waals surface area (Å²) in [6.45, 7) is 20.0. The Morgan fingerprint density at radius 2 is 0.950 bits per heavy atom. The Morgan fingerprint density at radius 3 is 1.32 bits per heavy atom. The average molecular weight is 549 g/mol. The normalized spacial score (nSPS) is 12.3. The van der Waals surface area contributed by atoms with E-state index in [0.29, 0.717) is 10.5 Å². The first-order valence-electron chi connectivity index (χ1n) is 14.0. The average Bonchev–Trinajstić information content (AvgIpc) is 2.86. The molecule has 0 unspecified atom stereocenters. The first-order chi connectivity index (χ1) is 18.5. The van der Waals surface area contributed by atoms with Crippen molar-refractivity contribution in [3.05, 3.63) is 107 Å². The lowest BCUT2D eigenvalue weighted by Crippen LogP contribution is -2.17. The van der Waals surface area contributed by atoms with Gasteiger partial charge in [0.1, 0.15) is 7.85 Å². The summed E-state index contributed by atoms with van der Waals surface area (Å²) in [5, 5.41) is 4.11. The zero-order valence-corrected chi connectivity index (χ0v) is 26.2. The molecule has 0 aliphatic rings. The van der Waals surface area contributed by atoms with E-state index in [0.717, 1.165) is 28.4 Å². The van der Waals surface area contributed by atoms with Gasteiger partial charge in [0.05, 0.1) is 16.4 Å². The molecular formula is C36H42BClN2. The Kier molecular flexibility index (Phi) is 8.21. The molecule has 4 aromatic rings. The quantitative estimate of drug-likeness (QED) is 0.250. The Hall–Kier alpha value is -3.17. The summed E-state index contributed by atoms with van der Waals surface area (Å²) in [6.07, 6.45) is 0. The molecule has 40 heavy (non-hydrogen) atoms. The second-order valence-electron chi connectivity index (χ2n) is 13.8. The number of rotatable bonds is 5. The highest BCUT2D eigenvalue weighted by atomic mass is 35.5. The minimum Gasteiger partial charge on any atom is -0.354 e. The van der Waals surface area contributed by atoms with Crippen LogP contribution in [0.5, 0.6) is 0 Å². The Labute approximate surface area is 248 Å². The van der Waals surface area contributed by atoms with Crippen LogP contribution in [0.15, 0.2) is 84.9 Å². The predicted octanol–water partition coefficient (Wildman–Crippen LogP) is 10.2. The van der Waals surface area contributed by atoms with Crippen LogP contribution in [0.1, 0.15) is 79.0 Å². The Balaban J connectivity index is 1.81. The van der Waals surface area contributed by atoms with E-state index in [1.54, 1.807) is 0 Å². The zero-order valence-electron chi connectivity index (χ0n) is 25.5. The molecule has 2 nitrogen and oxygen atoms in total. The molecule has 0 spiro atoms. The molecule has 0 amide bonds. The van der Waals surface area contributed by atoms with E-state index in [1.165, 1.54) is 16.7 Å². The molecule has 206 valence electrons. The van der Waals surface area contributed by atoms with E-state index in [4.69, 9.17) is 19.4 Å². The summed E-state index contributed by atoms with van der Waals surface area (Å²) in [5.41, 5.74) is 9.26. The van der Waals surface area contributed by atoms with Crippen molar-refractivity contribution >= 4 is 53.3 Å². The molecule has 0 atom stereocenters. The van der Waals surface area contributed by atoms with Gasteiger partial charge in [0, 0.05) is 17.1 Å². The molecule has 0 heterocycles. The molecule has 0 aliphatic heterocycles. The fourth-order valence-corrected chi connectivity index (χ4v) is 4.98. The van der Waals surface area contributed by atoms with Crippen LogP contribution >= 0.6 is 11.6 Å². The maximum Gasteiger partial charge on any atom is 0.114 e. The molecule has 0 aromatic heterocycles. The number of halogens is 1. The largest absolute Gasteiger partial charge is 0.354 e. The number of anilines is 5. The fourth-order valence-electron chi connectivity index (χ4n) is 4.74. The zero-order chi connectivity index (χ0) is 29.5. The van der Waals surface area contributed by atoms with Crippen molar-refractivity contribution in [2.45, 2.75) is 78.6 Å². The van der Waals surface area contributed by atoms with Crippen molar-refractivity contribution in [3.63, 3.8) is 0 Å². The maximum atomic E-state index is 7.18. The first-order valence-corrected chi connectivity index (χ1v) is 14.4. The third-order valence-corrected chi connectivity index (χ3v) is 7.73. The summed E-state index contributed by atoms with van der Waals surface area (Å²) >= 11 is 7.18. The van der Waals surface area contributed by atoms with E-state index in [9.17, 15) is 0 Å². The molecule has 1 N–H and O–H groups in total. The molecule has 0 saturated carbocycles. The van der Waals surface area contributed by atoms with Gasteiger partial charge in [-0.05, 0) is 81.5 Å². The van der Waals surface area contributed by atoms with Crippen molar-refractivity contribution in [2.24, 2.45) is 0 Å². The topological polar surface area (TPSA) is 15.3 Å². The van der Waals surface area contributed by atoms with Crippen LogP contribution < -0.4 is 15.7 Å². The smallest absolute Gasteiger partial charge is 0.114 e. The van der Waals surface area contributed by atoms with Gasteiger partial charge in [-0.2, -0.15) is 0 Å². The highest BCUT2D eigenvalue weighted by Gasteiger charge is 2.22. The summed E-state index contributed by atoms with van der Waals surface area (Å²) in [4.78, 5) is 2.19. The van der Waals surface area contributed by atoms with E-state index in [2.05, 4.69) is 145 Å². The van der Waals surface area contributed by atoms with Crippen LogP contribution in [-0.2, 0) is 16.2 Å². The van der Waals surface area contributed by atoms with Gasteiger partial charge < -0.3 is 10.2 Å². The highest BCUT2D eigenvalue weighted by molar-refractivity contribution is 6.39. The van der Waals surface area contributed by atoms with Gasteiger partial charge in [-0.25, -0.2) is 0 Å². The first kappa shape index (κ1) is 29.8. The van der Waals surface area contributed by atoms with Crippen LogP contribution in [-0.4, -0.2) is 7.85 Å². The van der Waals surface area contributed by atoms with Crippen molar-refractivity contribution < 1.29 is 0 Å². The molecule has 0 aliphatic carbocycles. The van der Waals surface area contributed by atoms with E-state index < -0.39 is 0 Å². The third kappa shape index (κ3) is 6.76. The number of hydrogen-bond donors (Lipinski definition) is 1. The minimum absolute atomic E-state index is 0.0617. The molecule has 0 bridgehead atoms. The maximum absolute atomic E-state index is 7.18. The highest BCUT2D eigenvalue weighted by Crippen LogP contribution is 2.43. The molecule has 4 aromatic carbocycles. The van der Waals surface area contributed by atoms with Crippen LogP contribution in [0.25, 0.3) is 0 Å². The molecular weight excluding hydrogens is 507 g/mol. The summed E-state index contributed by atoms with van der Waals surface area (Å²) in [7, 11) is 6.49. The van der Waals surface area contributed by atoms with Gasteiger partial charge in [-0.15, -0.1) is 0 Å². The molecule has 2 radical (unpaired) electrons. The van der Waals surface area contributed by atoms with E-state index in [-0.39, 0.29) is 16.2 Å². The van der Waals surface area contributed by atoms with Gasteiger partial charge >= 0.3 is 0 Å². The van der Waals surface area contributed by atoms with E-state index >= 15 is 0 Å². The van der Waals surface area contributed by atoms with E-state index in [1.807, 2.05) is 12.1 Å². The molecule has 0 saturated heterocycles. The second kappa shape index (κ2) is 11.0. The lowest BCUT2D eigenvalue weighted by atomic mass is 9.86. The van der Waals surface area contributed by atoms with Gasteiger partial charge in [-0.1, -0.05) is 116 Å². The van der Waals surface area contributed by atoms with Crippen molar-refractivity contribution in [1.82, 2.24) is 0 Å². The Bertz CT molecular complexity index is 1390. The number of hydrogen-bond acceptors (Lipinski definition) is 2. The van der Waals surface area contributed by atoms with Gasteiger partial charge in [0.25, 0.3) is 0 Å².